The summed E-state index contributed by atoms with van der Waals surface area (Å²) in [5.74, 6) is 2.08. The van der Waals surface area contributed by atoms with Gasteiger partial charge in [-0.05, 0) is 24.2 Å². The molecule has 0 aromatic carbocycles. The lowest BCUT2D eigenvalue weighted by atomic mass is 9.92. The number of nitrogens with two attached hydrogens (primary N) is 1. The zero-order valence-corrected chi connectivity index (χ0v) is 11.6. The number of nitrogen functional groups attached to an aromatic ring is 1. The number of rotatable bonds is 5. The van der Waals surface area contributed by atoms with Crippen molar-refractivity contribution >= 4 is 17.8 Å². The van der Waals surface area contributed by atoms with Gasteiger partial charge in [0.1, 0.15) is 0 Å². The second kappa shape index (κ2) is 4.59. The van der Waals surface area contributed by atoms with E-state index >= 15 is 0 Å². The highest BCUT2D eigenvalue weighted by molar-refractivity contribution is 5.41. The Morgan fingerprint density at radius 1 is 1.28 bits per heavy atom. The molecule has 1 fully saturated rings. The fourth-order valence-corrected chi connectivity index (χ4v) is 2.03. The van der Waals surface area contributed by atoms with Crippen LogP contribution in [0.2, 0.25) is 0 Å². The van der Waals surface area contributed by atoms with Gasteiger partial charge in [0.2, 0.25) is 17.8 Å². The Morgan fingerprint density at radius 2 is 1.94 bits per heavy atom. The fraction of sp³-hybridized carbons (Fsp3) is 0.750. The molecule has 1 aromatic rings. The molecule has 0 saturated heterocycles. The summed E-state index contributed by atoms with van der Waals surface area (Å²) in [5, 5.41) is 3.30. The topological polar surface area (TPSA) is 80.0 Å². The molecule has 1 aromatic heterocycles. The van der Waals surface area contributed by atoms with Gasteiger partial charge in [-0.2, -0.15) is 15.0 Å². The molecule has 1 aliphatic carbocycles. The second-order valence-corrected chi connectivity index (χ2v) is 5.58. The molecule has 1 saturated carbocycles. The quantitative estimate of drug-likeness (QED) is 0.821. The van der Waals surface area contributed by atoms with Crippen LogP contribution >= 0.6 is 0 Å². The van der Waals surface area contributed by atoms with E-state index in [0.717, 1.165) is 6.54 Å². The van der Waals surface area contributed by atoms with Crippen LogP contribution in [0.4, 0.5) is 17.8 Å². The first-order chi connectivity index (χ1) is 8.43. The smallest absolute Gasteiger partial charge is 0.231 e. The standard InChI is InChI=1S/C12H22N6/c1-8(2)12(5-6-12)7-14-10-15-9(13)16-11(17-10)18(3)4/h8H,5-7H2,1-4H3,(H3,13,14,15,16,17). The summed E-state index contributed by atoms with van der Waals surface area (Å²) in [6.45, 7) is 5.43. The first-order valence-corrected chi connectivity index (χ1v) is 6.36. The third-order valence-electron chi connectivity index (χ3n) is 3.76. The van der Waals surface area contributed by atoms with E-state index in [0.29, 0.717) is 23.2 Å². The summed E-state index contributed by atoms with van der Waals surface area (Å²) in [5.41, 5.74) is 6.10. The number of nitrogens with zero attached hydrogens (tertiary/aromatic N) is 4. The van der Waals surface area contributed by atoms with Gasteiger partial charge in [-0.1, -0.05) is 13.8 Å². The molecular formula is C12H22N6. The Hall–Kier alpha value is -1.59. The number of nitrogens with one attached hydrogen (secondary N) is 1. The van der Waals surface area contributed by atoms with Crippen LogP contribution in [0, 0.1) is 11.3 Å². The molecule has 1 aliphatic rings. The van der Waals surface area contributed by atoms with Crippen molar-refractivity contribution in [1.82, 2.24) is 15.0 Å². The van der Waals surface area contributed by atoms with Crippen molar-refractivity contribution in [2.45, 2.75) is 26.7 Å². The molecule has 100 valence electrons. The van der Waals surface area contributed by atoms with Crippen molar-refractivity contribution in [2.75, 3.05) is 36.6 Å². The van der Waals surface area contributed by atoms with E-state index in [1.54, 1.807) is 0 Å². The number of hydrogen-bond donors (Lipinski definition) is 2. The Kier molecular flexibility index (Phi) is 3.28. The van der Waals surface area contributed by atoms with E-state index in [4.69, 9.17) is 5.73 Å². The monoisotopic (exact) mass is 250 g/mol. The van der Waals surface area contributed by atoms with Crippen molar-refractivity contribution in [3.05, 3.63) is 0 Å². The maximum absolute atomic E-state index is 5.68. The van der Waals surface area contributed by atoms with E-state index in [1.165, 1.54) is 12.8 Å². The summed E-state index contributed by atoms with van der Waals surface area (Å²) in [4.78, 5) is 14.3. The summed E-state index contributed by atoms with van der Waals surface area (Å²) in [6, 6.07) is 0. The molecule has 1 heterocycles. The predicted octanol–water partition coefficient (Wildman–Crippen LogP) is 1.37. The molecule has 6 heteroatoms. The van der Waals surface area contributed by atoms with Gasteiger partial charge < -0.3 is 16.0 Å². The maximum Gasteiger partial charge on any atom is 0.231 e. The van der Waals surface area contributed by atoms with Crippen LogP contribution in [0.1, 0.15) is 26.7 Å². The van der Waals surface area contributed by atoms with Crippen LogP contribution in [0.5, 0.6) is 0 Å². The molecule has 0 atom stereocenters. The minimum absolute atomic E-state index is 0.255. The molecule has 0 amide bonds. The van der Waals surface area contributed by atoms with E-state index < -0.39 is 0 Å². The van der Waals surface area contributed by atoms with Crippen molar-refractivity contribution < 1.29 is 0 Å². The SMILES string of the molecule is CC(C)C1(CNc2nc(N)nc(N(C)C)n2)CC1. The van der Waals surface area contributed by atoms with Gasteiger partial charge >= 0.3 is 0 Å². The number of hydrogen-bond acceptors (Lipinski definition) is 6. The molecular weight excluding hydrogens is 228 g/mol. The third-order valence-corrected chi connectivity index (χ3v) is 3.76. The molecule has 2 rings (SSSR count). The largest absolute Gasteiger partial charge is 0.368 e. The van der Waals surface area contributed by atoms with E-state index in [2.05, 4.69) is 34.1 Å². The van der Waals surface area contributed by atoms with Crippen LogP contribution in [0.3, 0.4) is 0 Å². The van der Waals surface area contributed by atoms with Gasteiger partial charge in [0.15, 0.2) is 0 Å². The molecule has 0 spiro atoms. The Balaban J connectivity index is 2.05. The molecule has 0 radical (unpaired) electrons. The van der Waals surface area contributed by atoms with Gasteiger partial charge in [0.25, 0.3) is 0 Å². The second-order valence-electron chi connectivity index (χ2n) is 5.58. The van der Waals surface area contributed by atoms with Crippen LogP contribution < -0.4 is 16.0 Å². The van der Waals surface area contributed by atoms with E-state index in [9.17, 15) is 0 Å². The molecule has 0 aliphatic heterocycles. The van der Waals surface area contributed by atoms with Gasteiger partial charge in [0, 0.05) is 20.6 Å². The first-order valence-electron chi connectivity index (χ1n) is 6.36. The summed E-state index contributed by atoms with van der Waals surface area (Å²) < 4.78 is 0. The minimum Gasteiger partial charge on any atom is -0.368 e. The third kappa shape index (κ3) is 2.63. The Bertz CT molecular complexity index is 425. The van der Waals surface area contributed by atoms with Crippen LogP contribution in [-0.4, -0.2) is 35.6 Å². The van der Waals surface area contributed by atoms with Gasteiger partial charge in [-0.15, -0.1) is 0 Å². The Morgan fingerprint density at radius 3 is 2.44 bits per heavy atom. The van der Waals surface area contributed by atoms with Crippen LogP contribution in [0.15, 0.2) is 0 Å². The predicted molar refractivity (Wildman–Crippen MR) is 73.6 cm³/mol. The summed E-state index contributed by atoms with van der Waals surface area (Å²) in [7, 11) is 3.77. The molecule has 6 nitrogen and oxygen atoms in total. The molecule has 0 unspecified atom stereocenters. The van der Waals surface area contributed by atoms with Crippen molar-refractivity contribution in [3.8, 4) is 0 Å². The zero-order chi connectivity index (χ0) is 13.3. The normalized spacial score (nSPS) is 16.7. The average Bonchev–Trinajstić information content (AvgIpc) is 3.06. The molecule has 3 N–H and O–H groups in total. The first kappa shape index (κ1) is 12.9. The van der Waals surface area contributed by atoms with Crippen molar-refractivity contribution in [2.24, 2.45) is 11.3 Å². The van der Waals surface area contributed by atoms with Crippen LogP contribution in [-0.2, 0) is 0 Å². The zero-order valence-electron chi connectivity index (χ0n) is 11.6. The molecule has 0 bridgehead atoms. The van der Waals surface area contributed by atoms with Gasteiger partial charge in [0.05, 0.1) is 0 Å². The van der Waals surface area contributed by atoms with Crippen LogP contribution in [0.25, 0.3) is 0 Å². The summed E-state index contributed by atoms with van der Waals surface area (Å²) in [6.07, 6.45) is 2.55. The van der Waals surface area contributed by atoms with E-state index in [-0.39, 0.29) is 5.95 Å². The van der Waals surface area contributed by atoms with Gasteiger partial charge in [-0.25, -0.2) is 0 Å². The average molecular weight is 250 g/mol. The lowest BCUT2D eigenvalue weighted by Crippen LogP contribution is -2.23. The number of aromatic nitrogens is 3. The fourth-order valence-electron chi connectivity index (χ4n) is 2.03. The van der Waals surface area contributed by atoms with Crippen molar-refractivity contribution in [3.63, 3.8) is 0 Å². The Labute approximate surface area is 108 Å². The highest BCUT2D eigenvalue weighted by Crippen LogP contribution is 2.51. The lowest BCUT2D eigenvalue weighted by molar-refractivity contribution is 0.379. The van der Waals surface area contributed by atoms with E-state index in [1.807, 2.05) is 19.0 Å². The number of anilines is 3. The van der Waals surface area contributed by atoms with Crippen molar-refractivity contribution in [1.29, 1.82) is 0 Å². The summed E-state index contributed by atoms with van der Waals surface area (Å²) >= 11 is 0. The molecule has 18 heavy (non-hydrogen) atoms. The highest BCUT2D eigenvalue weighted by Gasteiger charge is 2.45. The lowest BCUT2D eigenvalue weighted by Gasteiger charge is -2.20. The maximum atomic E-state index is 5.68. The highest BCUT2D eigenvalue weighted by atomic mass is 15.3. The van der Waals surface area contributed by atoms with Gasteiger partial charge in [-0.3, -0.25) is 0 Å². The minimum atomic E-state index is 0.255.